The molecule has 1 aliphatic heterocycles. The topological polar surface area (TPSA) is 73.6 Å². The zero-order chi connectivity index (χ0) is 16.2. The normalized spacial score (nSPS) is 29.5. The van der Waals surface area contributed by atoms with Gasteiger partial charge in [-0.2, -0.15) is 22.3 Å². The maximum Gasteiger partial charge on any atom is 0.282 e. The van der Waals surface area contributed by atoms with Crippen LogP contribution in [0.5, 0.6) is 0 Å². The number of nitriles is 1. The molecular formula is C15H27N3O3S. The Morgan fingerprint density at radius 1 is 1.32 bits per heavy atom. The van der Waals surface area contributed by atoms with Crippen LogP contribution in [0.15, 0.2) is 0 Å². The van der Waals surface area contributed by atoms with E-state index in [9.17, 15) is 8.42 Å². The van der Waals surface area contributed by atoms with Crippen LogP contribution in [0, 0.1) is 17.2 Å². The van der Waals surface area contributed by atoms with Crippen LogP contribution in [0.4, 0.5) is 0 Å². The molecule has 6 nitrogen and oxygen atoms in total. The standard InChI is InChI=1S/C15H27N3O3S/c1-13-12-14-6-3-4-7-15(14)18(13)22(19,20)17(9-5-8-16)10-11-21-2/h13-15H,3-7,9-12H2,1-2H3/t13-,14+,15+/m1/s1. The fourth-order valence-corrected chi connectivity index (χ4v) is 5.96. The van der Waals surface area contributed by atoms with E-state index in [4.69, 9.17) is 10.00 Å². The molecule has 0 aromatic heterocycles. The van der Waals surface area contributed by atoms with Crippen molar-refractivity contribution in [2.24, 2.45) is 5.92 Å². The van der Waals surface area contributed by atoms with Gasteiger partial charge in [0, 0.05) is 38.7 Å². The van der Waals surface area contributed by atoms with Gasteiger partial charge in [0.2, 0.25) is 0 Å². The van der Waals surface area contributed by atoms with Crippen molar-refractivity contribution < 1.29 is 13.2 Å². The highest BCUT2D eigenvalue weighted by Crippen LogP contribution is 2.41. The molecule has 2 aliphatic rings. The quantitative estimate of drug-likeness (QED) is 0.713. The lowest BCUT2D eigenvalue weighted by Gasteiger charge is -2.35. The van der Waals surface area contributed by atoms with Crippen molar-refractivity contribution in [1.82, 2.24) is 8.61 Å². The van der Waals surface area contributed by atoms with E-state index in [0.29, 0.717) is 19.1 Å². The van der Waals surface area contributed by atoms with E-state index in [1.54, 1.807) is 11.4 Å². The van der Waals surface area contributed by atoms with Crippen molar-refractivity contribution in [3.05, 3.63) is 0 Å². The van der Waals surface area contributed by atoms with Gasteiger partial charge in [-0.3, -0.25) is 0 Å². The first-order valence-electron chi connectivity index (χ1n) is 8.17. The molecule has 0 unspecified atom stereocenters. The van der Waals surface area contributed by atoms with Crippen LogP contribution in [0.1, 0.15) is 45.4 Å². The molecule has 1 aliphatic carbocycles. The molecule has 2 fully saturated rings. The first-order chi connectivity index (χ1) is 10.5. The zero-order valence-corrected chi connectivity index (χ0v) is 14.4. The lowest BCUT2D eigenvalue weighted by molar-refractivity contribution is 0.171. The lowest BCUT2D eigenvalue weighted by Crippen LogP contribution is -2.50. The summed E-state index contributed by atoms with van der Waals surface area (Å²) in [4.78, 5) is 0. The van der Waals surface area contributed by atoms with Crippen LogP contribution in [-0.2, 0) is 14.9 Å². The molecule has 7 heteroatoms. The smallest absolute Gasteiger partial charge is 0.282 e. The Balaban J connectivity index is 2.19. The summed E-state index contributed by atoms with van der Waals surface area (Å²) in [6.07, 6.45) is 5.58. The third kappa shape index (κ3) is 3.62. The molecule has 0 aromatic rings. The first-order valence-corrected chi connectivity index (χ1v) is 9.56. The molecule has 1 heterocycles. The molecule has 0 amide bonds. The van der Waals surface area contributed by atoms with Gasteiger partial charge in [-0.15, -0.1) is 0 Å². The summed E-state index contributed by atoms with van der Waals surface area (Å²) in [7, 11) is -1.97. The second-order valence-corrected chi connectivity index (χ2v) is 8.17. The molecule has 0 spiro atoms. The number of rotatable bonds is 7. The van der Waals surface area contributed by atoms with Gasteiger partial charge in [0.15, 0.2) is 0 Å². The minimum Gasteiger partial charge on any atom is -0.383 e. The van der Waals surface area contributed by atoms with Gasteiger partial charge in [-0.25, -0.2) is 0 Å². The van der Waals surface area contributed by atoms with Gasteiger partial charge >= 0.3 is 0 Å². The maximum atomic E-state index is 13.1. The monoisotopic (exact) mass is 329 g/mol. The van der Waals surface area contributed by atoms with Crippen molar-refractivity contribution in [2.45, 2.75) is 57.5 Å². The average molecular weight is 329 g/mol. The van der Waals surface area contributed by atoms with Crippen molar-refractivity contribution in [1.29, 1.82) is 5.26 Å². The molecule has 0 N–H and O–H groups in total. The summed E-state index contributed by atoms with van der Waals surface area (Å²) in [6.45, 7) is 2.90. The van der Waals surface area contributed by atoms with Crippen molar-refractivity contribution in [2.75, 3.05) is 26.8 Å². The van der Waals surface area contributed by atoms with Gasteiger partial charge in [0.1, 0.15) is 0 Å². The second-order valence-electron chi connectivity index (χ2n) is 6.33. The van der Waals surface area contributed by atoms with Crippen LogP contribution >= 0.6 is 0 Å². The van der Waals surface area contributed by atoms with E-state index in [2.05, 4.69) is 0 Å². The molecule has 2 rings (SSSR count). The van der Waals surface area contributed by atoms with E-state index >= 15 is 0 Å². The summed E-state index contributed by atoms with van der Waals surface area (Å²) in [5, 5.41) is 8.79. The molecule has 0 aromatic carbocycles. The molecule has 22 heavy (non-hydrogen) atoms. The average Bonchev–Trinajstić information content (AvgIpc) is 2.83. The zero-order valence-electron chi connectivity index (χ0n) is 13.6. The Bertz CT molecular complexity index is 503. The van der Waals surface area contributed by atoms with Crippen LogP contribution in [0.25, 0.3) is 0 Å². The molecule has 1 saturated carbocycles. The van der Waals surface area contributed by atoms with E-state index in [1.807, 2.05) is 13.0 Å². The SMILES string of the molecule is COCCN(CCC#N)S(=O)(=O)N1[C@H](C)C[C@@H]2CCCC[C@@H]21. The summed E-state index contributed by atoms with van der Waals surface area (Å²) < 4.78 is 34.4. The highest BCUT2D eigenvalue weighted by atomic mass is 32.2. The molecule has 1 saturated heterocycles. The number of hydrogen-bond acceptors (Lipinski definition) is 4. The second kappa shape index (κ2) is 7.73. The van der Waals surface area contributed by atoms with Gasteiger partial charge in [-0.05, 0) is 32.1 Å². The van der Waals surface area contributed by atoms with E-state index < -0.39 is 10.2 Å². The van der Waals surface area contributed by atoms with Crippen LogP contribution in [-0.4, -0.2) is 55.9 Å². The van der Waals surface area contributed by atoms with E-state index in [0.717, 1.165) is 25.7 Å². The van der Waals surface area contributed by atoms with Crippen molar-refractivity contribution in [3.8, 4) is 6.07 Å². The Kier molecular flexibility index (Phi) is 6.21. The molecular weight excluding hydrogens is 302 g/mol. The van der Waals surface area contributed by atoms with Crippen molar-refractivity contribution >= 4 is 10.2 Å². The first kappa shape index (κ1) is 17.7. The van der Waals surface area contributed by atoms with Gasteiger partial charge < -0.3 is 4.74 Å². The molecule has 0 radical (unpaired) electrons. The number of fused-ring (bicyclic) bond motifs is 1. The van der Waals surface area contributed by atoms with Crippen LogP contribution in [0.3, 0.4) is 0 Å². The Morgan fingerprint density at radius 3 is 2.73 bits per heavy atom. The third-order valence-corrected chi connectivity index (χ3v) is 7.07. The lowest BCUT2D eigenvalue weighted by atomic mass is 9.85. The molecule has 3 atom stereocenters. The third-order valence-electron chi connectivity index (χ3n) is 4.88. The Labute approximate surface area is 134 Å². The number of methoxy groups -OCH3 is 1. The van der Waals surface area contributed by atoms with Gasteiger partial charge in [0.25, 0.3) is 10.2 Å². The highest BCUT2D eigenvalue weighted by molar-refractivity contribution is 7.86. The molecule has 0 bridgehead atoms. The fourth-order valence-electron chi connectivity index (χ4n) is 3.91. The summed E-state index contributed by atoms with van der Waals surface area (Å²) in [5.74, 6) is 0.499. The minimum absolute atomic E-state index is 0.0465. The summed E-state index contributed by atoms with van der Waals surface area (Å²) in [6, 6.07) is 2.23. The van der Waals surface area contributed by atoms with Gasteiger partial charge in [-0.1, -0.05) is 12.8 Å². The number of hydrogen-bond donors (Lipinski definition) is 0. The number of nitrogens with zero attached hydrogens (tertiary/aromatic N) is 3. The largest absolute Gasteiger partial charge is 0.383 e. The van der Waals surface area contributed by atoms with E-state index in [1.165, 1.54) is 10.7 Å². The summed E-state index contributed by atoms with van der Waals surface area (Å²) in [5.41, 5.74) is 0. The highest BCUT2D eigenvalue weighted by Gasteiger charge is 2.47. The number of ether oxygens (including phenoxy) is 1. The maximum absolute atomic E-state index is 13.1. The van der Waals surface area contributed by atoms with E-state index in [-0.39, 0.29) is 25.0 Å². The Hall–Kier alpha value is -0.680. The predicted molar refractivity (Wildman–Crippen MR) is 84.3 cm³/mol. The van der Waals surface area contributed by atoms with Crippen LogP contribution < -0.4 is 0 Å². The van der Waals surface area contributed by atoms with Crippen molar-refractivity contribution in [3.63, 3.8) is 0 Å². The molecule has 126 valence electrons. The Morgan fingerprint density at radius 2 is 2.05 bits per heavy atom. The van der Waals surface area contributed by atoms with Crippen LogP contribution in [0.2, 0.25) is 0 Å². The summed E-state index contributed by atoms with van der Waals surface area (Å²) >= 11 is 0. The van der Waals surface area contributed by atoms with Gasteiger partial charge in [0.05, 0.1) is 12.7 Å². The predicted octanol–water partition coefficient (Wildman–Crippen LogP) is 1.75. The fraction of sp³-hybridized carbons (Fsp3) is 0.933. The minimum atomic E-state index is -3.53.